The standard InChI is InChI=1S/C22H31N3O3/c1-21(2,25-16-5-4-6-17(10-16)28-3)20(27)24-18-15-8-13-7-14(9-15)12-22(18,11-13)19(23)26/h4-6,10,13-15,18,25H,7-9,11-12H2,1-3H3,(H2,23,26)(H,24,27). The number of carbonyl (C=O) groups is 2. The fraction of sp³-hybridized carbons (Fsp3) is 0.636. The number of anilines is 1. The van der Waals surface area contributed by atoms with Crippen LogP contribution in [0.4, 0.5) is 5.69 Å². The maximum atomic E-state index is 13.2. The molecule has 4 bridgehead atoms. The average molecular weight is 386 g/mol. The largest absolute Gasteiger partial charge is 0.497 e. The van der Waals surface area contributed by atoms with Gasteiger partial charge in [-0.2, -0.15) is 0 Å². The van der Waals surface area contributed by atoms with Crippen LogP contribution in [-0.2, 0) is 9.59 Å². The summed E-state index contributed by atoms with van der Waals surface area (Å²) >= 11 is 0. The van der Waals surface area contributed by atoms with E-state index in [0.717, 1.165) is 37.1 Å². The van der Waals surface area contributed by atoms with Crippen LogP contribution in [0, 0.1) is 23.2 Å². The quantitative estimate of drug-likeness (QED) is 0.702. The van der Waals surface area contributed by atoms with Gasteiger partial charge in [0.1, 0.15) is 11.3 Å². The first-order chi connectivity index (χ1) is 13.2. The topological polar surface area (TPSA) is 93.4 Å². The van der Waals surface area contributed by atoms with Crippen LogP contribution in [0.2, 0.25) is 0 Å². The summed E-state index contributed by atoms with van der Waals surface area (Å²) in [4.78, 5) is 25.7. The van der Waals surface area contributed by atoms with E-state index in [-0.39, 0.29) is 17.9 Å². The highest BCUT2D eigenvalue weighted by Gasteiger charge is 2.60. The summed E-state index contributed by atoms with van der Waals surface area (Å²) in [5, 5.41) is 6.54. The molecule has 4 fully saturated rings. The molecule has 1 aromatic carbocycles. The molecule has 28 heavy (non-hydrogen) atoms. The van der Waals surface area contributed by atoms with Crippen LogP contribution >= 0.6 is 0 Å². The van der Waals surface area contributed by atoms with Crippen molar-refractivity contribution in [1.82, 2.24) is 5.32 Å². The fourth-order valence-electron chi connectivity index (χ4n) is 6.09. The smallest absolute Gasteiger partial charge is 0.245 e. The van der Waals surface area contributed by atoms with Crippen molar-refractivity contribution >= 4 is 17.5 Å². The fourth-order valence-corrected chi connectivity index (χ4v) is 6.09. The van der Waals surface area contributed by atoms with Crippen LogP contribution < -0.4 is 21.1 Å². The second-order valence-electron chi connectivity index (χ2n) is 9.56. The lowest BCUT2D eigenvalue weighted by Crippen LogP contribution is -2.68. The Morgan fingerprint density at radius 2 is 1.86 bits per heavy atom. The van der Waals surface area contributed by atoms with Crippen molar-refractivity contribution in [1.29, 1.82) is 0 Å². The van der Waals surface area contributed by atoms with Crippen LogP contribution in [0.15, 0.2) is 24.3 Å². The van der Waals surface area contributed by atoms with Crippen molar-refractivity contribution in [3.05, 3.63) is 24.3 Å². The lowest BCUT2D eigenvalue weighted by molar-refractivity contribution is -0.152. The number of methoxy groups -OCH3 is 1. The SMILES string of the molecule is COc1cccc(NC(C)(C)C(=O)NC2C3CC4CC(C3)CC2(C(N)=O)C4)c1. The van der Waals surface area contributed by atoms with E-state index in [1.807, 2.05) is 38.1 Å². The summed E-state index contributed by atoms with van der Waals surface area (Å²) < 4.78 is 5.26. The monoisotopic (exact) mass is 385 g/mol. The molecule has 0 aromatic heterocycles. The molecule has 5 rings (SSSR count). The third-order valence-corrected chi connectivity index (χ3v) is 7.18. The highest BCUT2D eigenvalue weighted by molar-refractivity contribution is 5.90. The second-order valence-corrected chi connectivity index (χ2v) is 9.56. The van der Waals surface area contributed by atoms with Gasteiger partial charge in [-0.1, -0.05) is 6.07 Å². The number of hydrogen-bond acceptors (Lipinski definition) is 4. The zero-order chi connectivity index (χ0) is 20.1. The van der Waals surface area contributed by atoms with Gasteiger partial charge in [-0.15, -0.1) is 0 Å². The Kier molecular flexibility index (Phi) is 4.55. The van der Waals surface area contributed by atoms with Gasteiger partial charge in [0.05, 0.1) is 12.5 Å². The molecule has 4 aliphatic rings. The zero-order valence-corrected chi connectivity index (χ0v) is 17.0. The first-order valence-corrected chi connectivity index (χ1v) is 10.3. The maximum absolute atomic E-state index is 13.2. The van der Waals surface area contributed by atoms with Gasteiger partial charge >= 0.3 is 0 Å². The predicted octanol–water partition coefficient (Wildman–Crippen LogP) is 2.68. The number of primary amides is 1. The van der Waals surface area contributed by atoms with Gasteiger partial charge < -0.3 is 21.1 Å². The van der Waals surface area contributed by atoms with Gasteiger partial charge in [-0.05, 0) is 75.8 Å². The number of nitrogens with one attached hydrogen (secondary N) is 2. The summed E-state index contributed by atoms with van der Waals surface area (Å²) in [5.74, 6) is 1.91. The molecule has 4 aliphatic carbocycles. The molecule has 3 unspecified atom stereocenters. The lowest BCUT2D eigenvalue weighted by Gasteiger charge is -2.60. The molecule has 6 heteroatoms. The highest BCUT2D eigenvalue weighted by atomic mass is 16.5. The predicted molar refractivity (Wildman–Crippen MR) is 108 cm³/mol. The van der Waals surface area contributed by atoms with Crippen LogP contribution in [0.3, 0.4) is 0 Å². The van der Waals surface area contributed by atoms with Crippen LogP contribution in [-0.4, -0.2) is 30.5 Å². The van der Waals surface area contributed by atoms with Crippen molar-refractivity contribution in [3.8, 4) is 5.75 Å². The molecule has 0 aliphatic heterocycles. The first kappa shape index (κ1) is 19.1. The van der Waals surface area contributed by atoms with Crippen LogP contribution in [0.1, 0.15) is 46.0 Å². The van der Waals surface area contributed by atoms with E-state index in [1.165, 1.54) is 6.42 Å². The molecule has 0 radical (unpaired) electrons. The van der Waals surface area contributed by atoms with Gasteiger partial charge in [0.2, 0.25) is 11.8 Å². The van der Waals surface area contributed by atoms with Crippen molar-refractivity contribution in [2.75, 3.05) is 12.4 Å². The number of benzene rings is 1. The average Bonchev–Trinajstić information content (AvgIpc) is 2.63. The van der Waals surface area contributed by atoms with E-state index in [9.17, 15) is 9.59 Å². The Bertz CT molecular complexity index is 777. The van der Waals surface area contributed by atoms with Gasteiger partial charge in [0.15, 0.2) is 0 Å². The van der Waals surface area contributed by atoms with Gasteiger partial charge in [0, 0.05) is 17.8 Å². The minimum atomic E-state index is -0.833. The van der Waals surface area contributed by atoms with E-state index in [4.69, 9.17) is 10.5 Å². The maximum Gasteiger partial charge on any atom is 0.245 e. The minimum absolute atomic E-state index is 0.103. The third kappa shape index (κ3) is 3.12. The molecule has 1 aromatic rings. The lowest BCUT2D eigenvalue weighted by atomic mass is 9.47. The Morgan fingerprint density at radius 3 is 2.46 bits per heavy atom. The normalized spacial score (nSPS) is 33.4. The summed E-state index contributed by atoms with van der Waals surface area (Å²) in [6.07, 6.45) is 5.06. The molecule has 0 spiro atoms. The number of carbonyl (C=O) groups excluding carboxylic acids is 2. The van der Waals surface area contributed by atoms with Crippen LogP contribution in [0.25, 0.3) is 0 Å². The van der Waals surface area contributed by atoms with Crippen molar-refractivity contribution < 1.29 is 14.3 Å². The van der Waals surface area contributed by atoms with E-state index in [2.05, 4.69) is 10.6 Å². The number of ether oxygens (including phenoxy) is 1. The number of hydrogen-bond donors (Lipinski definition) is 3. The molecule has 4 N–H and O–H groups in total. The molecule has 3 atom stereocenters. The third-order valence-electron chi connectivity index (χ3n) is 7.18. The van der Waals surface area contributed by atoms with E-state index in [1.54, 1.807) is 7.11 Å². The number of nitrogens with two attached hydrogens (primary N) is 1. The summed E-state index contributed by atoms with van der Waals surface area (Å²) in [5.41, 5.74) is 5.31. The molecular formula is C22H31N3O3. The summed E-state index contributed by atoms with van der Waals surface area (Å²) in [6, 6.07) is 7.36. The zero-order valence-electron chi connectivity index (χ0n) is 17.0. The second kappa shape index (κ2) is 6.68. The van der Waals surface area contributed by atoms with Gasteiger partial charge in [-0.25, -0.2) is 0 Å². The van der Waals surface area contributed by atoms with Crippen molar-refractivity contribution in [2.24, 2.45) is 28.9 Å². The highest BCUT2D eigenvalue weighted by Crippen LogP contribution is 2.60. The molecular weight excluding hydrogens is 354 g/mol. The molecule has 4 saturated carbocycles. The Labute approximate surface area is 166 Å². The molecule has 152 valence electrons. The minimum Gasteiger partial charge on any atom is -0.497 e. The van der Waals surface area contributed by atoms with Crippen molar-refractivity contribution in [2.45, 2.75) is 57.5 Å². The van der Waals surface area contributed by atoms with E-state index in [0.29, 0.717) is 17.8 Å². The van der Waals surface area contributed by atoms with Crippen LogP contribution in [0.5, 0.6) is 5.75 Å². The van der Waals surface area contributed by atoms with Gasteiger partial charge in [0.25, 0.3) is 0 Å². The number of rotatable bonds is 6. The van der Waals surface area contributed by atoms with E-state index >= 15 is 0 Å². The van der Waals surface area contributed by atoms with Gasteiger partial charge in [-0.3, -0.25) is 9.59 Å². The number of amides is 2. The Balaban J connectivity index is 1.52. The van der Waals surface area contributed by atoms with Crippen molar-refractivity contribution in [3.63, 3.8) is 0 Å². The Hall–Kier alpha value is -2.24. The van der Waals surface area contributed by atoms with E-state index < -0.39 is 11.0 Å². The summed E-state index contributed by atoms with van der Waals surface area (Å²) in [6.45, 7) is 3.71. The molecule has 6 nitrogen and oxygen atoms in total. The Morgan fingerprint density at radius 1 is 1.18 bits per heavy atom. The molecule has 2 amide bonds. The molecule has 0 saturated heterocycles. The summed E-state index contributed by atoms with van der Waals surface area (Å²) in [7, 11) is 1.62. The molecule has 0 heterocycles. The first-order valence-electron chi connectivity index (χ1n) is 10.3.